The van der Waals surface area contributed by atoms with E-state index in [-0.39, 0.29) is 5.78 Å². The van der Waals surface area contributed by atoms with Crippen molar-refractivity contribution in [2.24, 2.45) is 0 Å². The molecule has 0 amide bonds. The SMILES string of the molecule is O=C(c1ccc(Cl)cc1Cl)c1cc(Cl)ccc1Br. The summed E-state index contributed by atoms with van der Waals surface area (Å²) < 4.78 is 0.669. The first kappa shape index (κ1) is 13.9. The van der Waals surface area contributed by atoms with Crippen molar-refractivity contribution in [3.63, 3.8) is 0 Å². The molecule has 0 saturated carbocycles. The van der Waals surface area contributed by atoms with Crippen molar-refractivity contribution < 1.29 is 4.79 Å². The molecule has 0 unspecified atom stereocenters. The number of hydrogen-bond acceptors (Lipinski definition) is 1. The first-order valence-electron chi connectivity index (χ1n) is 4.94. The van der Waals surface area contributed by atoms with Gasteiger partial charge in [-0.2, -0.15) is 0 Å². The van der Waals surface area contributed by atoms with E-state index in [0.717, 1.165) is 0 Å². The number of rotatable bonds is 2. The van der Waals surface area contributed by atoms with Crippen LogP contribution in [0.25, 0.3) is 0 Å². The molecule has 0 aliphatic carbocycles. The Bertz CT molecular complexity index is 626. The van der Waals surface area contributed by atoms with E-state index < -0.39 is 0 Å². The average molecular weight is 364 g/mol. The van der Waals surface area contributed by atoms with Gasteiger partial charge in [0.1, 0.15) is 0 Å². The number of halogens is 4. The lowest BCUT2D eigenvalue weighted by molar-refractivity contribution is 0.103. The molecule has 0 N–H and O–H groups in total. The number of carbonyl (C=O) groups excluding carboxylic acids is 1. The van der Waals surface area contributed by atoms with E-state index in [9.17, 15) is 4.79 Å². The van der Waals surface area contributed by atoms with Crippen LogP contribution in [0, 0.1) is 0 Å². The second kappa shape index (κ2) is 5.62. The van der Waals surface area contributed by atoms with Crippen molar-refractivity contribution in [2.45, 2.75) is 0 Å². The normalized spacial score (nSPS) is 10.4. The predicted molar refractivity (Wildman–Crippen MR) is 79.0 cm³/mol. The van der Waals surface area contributed by atoms with Crippen molar-refractivity contribution in [3.8, 4) is 0 Å². The number of hydrogen-bond donors (Lipinski definition) is 0. The summed E-state index contributed by atoms with van der Waals surface area (Å²) in [6.45, 7) is 0. The van der Waals surface area contributed by atoms with Gasteiger partial charge in [-0.1, -0.05) is 50.7 Å². The van der Waals surface area contributed by atoms with E-state index in [0.29, 0.717) is 30.7 Å². The van der Waals surface area contributed by atoms with E-state index in [1.54, 1.807) is 30.3 Å². The summed E-state index contributed by atoms with van der Waals surface area (Å²) in [5, 5.41) is 1.30. The fraction of sp³-hybridized carbons (Fsp3) is 0. The van der Waals surface area contributed by atoms with Crippen molar-refractivity contribution in [3.05, 3.63) is 67.1 Å². The van der Waals surface area contributed by atoms with Gasteiger partial charge in [-0.05, 0) is 36.4 Å². The molecule has 0 radical (unpaired) electrons. The Labute approximate surface area is 128 Å². The van der Waals surface area contributed by atoms with E-state index in [2.05, 4.69) is 15.9 Å². The molecule has 0 aliphatic heterocycles. The highest BCUT2D eigenvalue weighted by molar-refractivity contribution is 9.10. The molecule has 0 spiro atoms. The molecule has 2 rings (SSSR count). The lowest BCUT2D eigenvalue weighted by Crippen LogP contribution is -2.03. The summed E-state index contributed by atoms with van der Waals surface area (Å²) in [7, 11) is 0. The maximum absolute atomic E-state index is 12.3. The third-order valence-corrected chi connectivity index (χ3v) is 3.82. The number of ketones is 1. The lowest BCUT2D eigenvalue weighted by Gasteiger charge is -2.06. The van der Waals surface area contributed by atoms with Crippen LogP contribution in [-0.2, 0) is 0 Å². The van der Waals surface area contributed by atoms with Gasteiger partial charge >= 0.3 is 0 Å². The summed E-state index contributed by atoms with van der Waals surface area (Å²) in [5.74, 6) is -0.203. The minimum atomic E-state index is -0.203. The molecule has 0 heterocycles. The maximum atomic E-state index is 12.3. The van der Waals surface area contributed by atoms with Crippen molar-refractivity contribution in [1.29, 1.82) is 0 Å². The van der Waals surface area contributed by atoms with Gasteiger partial charge in [0, 0.05) is 25.6 Å². The fourth-order valence-electron chi connectivity index (χ4n) is 1.49. The van der Waals surface area contributed by atoms with Gasteiger partial charge in [0.05, 0.1) is 5.02 Å². The zero-order valence-corrected chi connectivity index (χ0v) is 12.7. The predicted octanol–water partition coefficient (Wildman–Crippen LogP) is 5.64. The lowest BCUT2D eigenvalue weighted by atomic mass is 10.0. The van der Waals surface area contributed by atoms with Crippen molar-refractivity contribution in [2.75, 3.05) is 0 Å². The second-order valence-corrected chi connectivity index (χ2v) is 5.71. The summed E-state index contributed by atoms with van der Waals surface area (Å²) in [6, 6.07) is 9.78. The third-order valence-electron chi connectivity index (χ3n) is 2.35. The standard InChI is InChI=1S/C13H6BrCl3O/c14-11-4-2-7(15)5-10(11)13(18)9-3-1-8(16)6-12(9)17/h1-6H. The Hall–Kier alpha value is -0.540. The smallest absolute Gasteiger partial charge is 0.195 e. The molecular formula is C13H6BrCl3O. The van der Waals surface area contributed by atoms with Crippen molar-refractivity contribution >= 4 is 56.5 Å². The summed E-state index contributed by atoms with van der Waals surface area (Å²) in [4.78, 5) is 12.3. The zero-order chi connectivity index (χ0) is 13.3. The van der Waals surface area contributed by atoms with Crippen LogP contribution >= 0.6 is 50.7 Å². The average Bonchev–Trinajstić information content (AvgIpc) is 2.31. The highest BCUT2D eigenvalue weighted by Crippen LogP contribution is 2.28. The molecule has 18 heavy (non-hydrogen) atoms. The van der Waals surface area contributed by atoms with E-state index in [1.807, 2.05) is 0 Å². The summed E-state index contributed by atoms with van der Waals surface area (Å²) >= 11 is 21.0. The fourth-order valence-corrected chi connectivity index (χ4v) is 2.58. The molecule has 0 aromatic heterocycles. The van der Waals surface area contributed by atoms with Gasteiger partial charge in [0.25, 0.3) is 0 Å². The molecule has 0 bridgehead atoms. The zero-order valence-electron chi connectivity index (χ0n) is 8.88. The first-order chi connectivity index (χ1) is 8.49. The number of benzene rings is 2. The Balaban J connectivity index is 2.51. The van der Waals surface area contributed by atoms with E-state index in [1.165, 1.54) is 6.07 Å². The second-order valence-electron chi connectivity index (χ2n) is 3.58. The maximum Gasteiger partial charge on any atom is 0.195 e. The summed E-state index contributed by atoms with van der Waals surface area (Å²) in [5.41, 5.74) is 0.857. The molecule has 1 nitrogen and oxygen atoms in total. The van der Waals surface area contributed by atoms with Gasteiger partial charge in [-0.15, -0.1) is 0 Å². The van der Waals surface area contributed by atoms with Crippen LogP contribution in [0.5, 0.6) is 0 Å². The molecule has 5 heteroatoms. The molecule has 2 aromatic rings. The Kier molecular flexibility index (Phi) is 4.33. The van der Waals surface area contributed by atoms with Crippen LogP contribution < -0.4 is 0 Å². The van der Waals surface area contributed by atoms with Gasteiger partial charge < -0.3 is 0 Å². The number of carbonyl (C=O) groups is 1. The Morgan fingerprint density at radius 3 is 2.17 bits per heavy atom. The topological polar surface area (TPSA) is 17.1 Å². The van der Waals surface area contributed by atoms with Crippen LogP contribution in [0.15, 0.2) is 40.9 Å². The quantitative estimate of drug-likeness (QED) is 0.630. The highest BCUT2D eigenvalue weighted by Gasteiger charge is 2.16. The van der Waals surface area contributed by atoms with Crippen LogP contribution in [0.1, 0.15) is 15.9 Å². The molecular weight excluding hydrogens is 358 g/mol. The van der Waals surface area contributed by atoms with E-state index >= 15 is 0 Å². The molecule has 0 aliphatic rings. The largest absolute Gasteiger partial charge is 0.289 e. The van der Waals surface area contributed by atoms with E-state index in [4.69, 9.17) is 34.8 Å². The molecule has 2 aromatic carbocycles. The van der Waals surface area contributed by atoms with Gasteiger partial charge in [0.15, 0.2) is 5.78 Å². The van der Waals surface area contributed by atoms with Gasteiger partial charge in [0.2, 0.25) is 0 Å². The molecule has 92 valence electrons. The molecule has 0 atom stereocenters. The third kappa shape index (κ3) is 2.89. The highest BCUT2D eigenvalue weighted by atomic mass is 79.9. The Morgan fingerprint density at radius 1 is 0.889 bits per heavy atom. The Morgan fingerprint density at radius 2 is 1.50 bits per heavy atom. The van der Waals surface area contributed by atoms with Crippen LogP contribution in [0.2, 0.25) is 15.1 Å². The summed E-state index contributed by atoms with van der Waals surface area (Å²) in [6.07, 6.45) is 0. The van der Waals surface area contributed by atoms with Crippen molar-refractivity contribution in [1.82, 2.24) is 0 Å². The van der Waals surface area contributed by atoms with Crippen LogP contribution in [-0.4, -0.2) is 5.78 Å². The van der Waals surface area contributed by atoms with Gasteiger partial charge in [-0.25, -0.2) is 0 Å². The van der Waals surface area contributed by atoms with Crippen LogP contribution in [0.4, 0.5) is 0 Å². The molecule has 0 saturated heterocycles. The molecule has 0 fully saturated rings. The minimum absolute atomic E-state index is 0.203. The van der Waals surface area contributed by atoms with Gasteiger partial charge in [-0.3, -0.25) is 4.79 Å². The minimum Gasteiger partial charge on any atom is -0.289 e. The van der Waals surface area contributed by atoms with Crippen LogP contribution in [0.3, 0.4) is 0 Å². The first-order valence-corrected chi connectivity index (χ1v) is 6.86. The monoisotopic (exact) mass is 362 g/mol.